The van der Waals surface area contributed by atoms with Gasteiger partial charge in [-0.2, -0.15) is 9.67 Å². The number of fused-ring (bicyclic) bond motifs is 2. The Kier molecular flexibility index (Phi) is 8.48. The van der Waals surface area contributed by atoms with Gasteiger partial charge in [0.05, 0.1) is 24.7 Å². The van der Waals surface area contributed by atoms with Crippen LogP contribution < -0.4 is 17.0 Å². The first-order valence-electron chi connectivity index (χ1n) is 12.6. The van der Waals surface area contributed by atoms with E-state index in [2.05, 4.69) is 42.5 Å². The third kappa shape index (κ3) is 6.16. The number of rotatable bonds is 10. The Hall–Kier alpha value is -2.68. The van der Waals surface area contributed by atoms with Crippen molar-refractivity contribution in [2.45, 2.75) is 49.7 Å². The number of aromatic amines is 1. The molecule has 23 heteroatoms. The predicted octanol–water partition coefficient (Wildman–Crippen LogP) is 0.282. The van der Waals surface area contributed by atoms with Gasteiger partial charge >= 0.3 is 13.9 Å². The molecule has 8 atom stereocenters. The van der Waals surface area contributed by atoms with Crippen molar-refractivity contribution in [3.63, 3.8) is 0 Å². The van der Waals surface area contributed by atoms with Crippen LogP contribution in [-0.2, 0) is 39.4 Å². The molecule has 0 spiro atoms. The summed E-state index contributed by atoms with van der Waals surface area (Å²) in [7, 11) is -2.31. The van der Waals surface area contributed by atoms with Gasteiger partial charge in [0.2, 0.25) is 5.95 Å². The number of aromatic nitrogens is 8. The Morgan fingerprint density at radius 1 is 1.26 bits per heavy atom. The number of aliphatic hydroxyl groups excluding tert-OH is 1. The Morgan fingerprint density at radius 2 is 2.07 bits per heavy atom. The number of ether oxygens (including phenoxy) is 2. The molecule has 7 N–H and O–H groups in total. The van der Waals surface area contributed by atoms with Crippen molar-refractivity contribution in [3.05, 3.63) is 28.9 Å². The fourth-order valence-electron chi connectivity index (χ4n) is 5.01. The molecule has 2 fully saturated rings. The zero-order chi connectivity index (χ0) is 30.5. The molecule has 2 aliphatic heterocycles. The van der Waals surface area contributed by atoms with Gasteiger partial charge in [-0.15, -0.1) is 9.62 Å². The highest BCUT2D eigenvalue weighted by molar-refractivity contribution is 8.39. The van der Waals surface area contributed by atoms with E-state index in [0.717, 1.165) is 4.68 Å². The van der Waals surface area contributed by atoms with Crippen molar-refractivity contribution in [1.29, 1.82) is 0 Å². The Bertz CT molecular complexity index is 1790. The van der Waals surface area contributed by atoms with Crippen LogP contribution >= 0.6 is 26.2 Å². The van der Waals surface area contributed by atoms with Gasteiger partial charge in [-0.1, -0.05) is 5.21 Å². The van der Waals surface area contributed by atoms with E-state index >= 15 is 0 Å². The van der Waals surface area contributed by atoms with Crippen LogP contribution in [0.3, 0.4) is 0 Å². The highest BCUT2D eigenvalue weighted by atomic mass is 32.7. The van der Waals surface area contributed by atoms with Crippen molar-refractivity contribution in [2.24, 2.45) is 0 Å². The number of hydrogen-bond donors (Lipinski definition) is 6. The van der Waals surface area contributed by atoms with Gasteiger partial charge in [-0.05, 0) is 22.4 Å². The second-order valence-electron chi connectivity index (χ2n) is 9.60. The number of hydrogen-bond acceptors (Lipinski definition) is 16. The van der Waals surface area contributed by atoms with Crippen LogP contribution in [-0.4, -0.2) is 87.1 Å². The van der Waals surface area contributed by atoms with Crippen molar-refractivity contribution < 1.29 is 37.6 Å². The van der Waals surface area contributed by atoms with Gasteiger partial charge in [0.25, 0.3) is 5.56 Å². The second kappa shape index (κ2) is 12.0. The van der Waals surface area contributed by atoms with Crippen molar-refractivity contribution in [1.82, 2.24) is 39.5 Å². The SMILES string of the molecule is Nc1nc2c(nnn2C2OC(CO)CC2OP(O)(=S)OCC2OC(n3ccc4c(N)ncnc43)CC2O[P+](=O)S)c(=O)[nH]1. The van der Waals surface area contributed by atoms with Gasteiger partial charge in [0.15, 0.2) is 17.4 Å². The molecular formula is C20H25N10O9P2S2+. The number of H-pyrrole nitrogens is 1. The molecule has 2 saturated heterocycles. The molecule has 0 saturated carbocycles. The summed E-state index contributed by atoms with van der Waals surface area (Å²) in [5.41, 5.74) is 11.4. The van der Waals surface area contributed by atoms with Gasteiger partial charge < -0.3 is 44.6 Å². The largest absolute Gasteiger partial charge is 0.582 e. The average molecular weight is 676 g/mol. The van der Waals surface area contributed by atoms with Crippen molar-refractivity contribution >= 4 is 72.0 Å². The zero-order valence-corrected chi connectivity index (χ0v) is 25.3. The fourth-order valence-corrected chi connectivity index (χ4v) is 7.27. The summed E-state index contributed by atoms with van der Waals surface area (Å²) in [5, 5.41) is 18.1. The Morgan fingerprint density at radius 3 is 2.84 bits per heavy atom. The molecule has 19 nitrogen and oxygen atoms in total. The van der Waals surface area contributed by atoms with Crippen LogP contribution in [0, 0.1) is 0 Å². The molecule has 6 heterocycles. The smallest absolute Gasteiger partial charge is 0.394 e. The predicted molar refractivity (Wildman–Crippen MR) is 155 cm³/mol. The van der Waals surface area contributed by atoms with Crippen LogP contribution in [0.15, 0.2) is 23.4 Å². The highest BCUT2D eigenvalue weighted by Crippen LogP contribution is 2.50. The molecule has 0 aromatic carbocycles. The van der Waals surface area contributed by atoms with Crippen molar-refractivity contribution in [2.75, 3.05) is 24.7 Å². The first kappa shape index (κ1) is 30.4. The number of aliphatic hydroxyl groups is 1. The molecule has 6 rings (SSSR count). The van der Waals surface area contributed by atoms with Crippen LogP contribution in [0.25, 0.3) is 22.2 Å². The molecule has 8 unspecified atom stereocenters. The van der Waals surface area contributed by atoms with Crippen LogP contribution in [0.1, 0.15) is 25.3 Å². The lowest BCUT2D eigenvalue weighted by molar-refractivity contribution is -0.0578. The van der Waals surface area contributed by atoms with Crippen molar-refractivity contribution in [3.8, 4) is 0 Å². The minimum absolute atomic E-state index is 0.00131. The minimum Gasteiger partial charge on any atom is -0.394 e. The number of nitrogens with zero attached hydrogens (tertiary/aromatic N) is 7. The Labute approximate surface area is 252 Å². The topological polar surface area (TPSA) is 263 Å². The molecule has 4 aromatic heterocycles. The lowest BCUT2D eigenvalue weighted by Gasteiger charge is -2.25. The average Bonchev–Trinajstić information content (AvgIpc) is 3.72. The van der Waals surface area contributed by atoms with E-state index in [0.29, 0.717) is 16.9 Å². The van der Waals surface area contributed by atoms with Gasteiger partial charge in [0, 0.05) is 19.0 Å². The monoisotopic (exact) mass is 675 g/mol. The van der Waals surface area contributed by atoms with E-state index in [1.165, 1.54) is 6.33 Å². The Balaban J connectivity index is 1.18. The minimum atomic E-state index is -4.01. The number of nitrogens with one attached hydrogen (secondary N) is 1. The molecule has 0 amide bonds. The molecule has 2 aliphatic rings. The lowest BCUT2D eigenvalue weighted by Crippen LogP contribution is -2.28. The normalized spacial score (nSPS) is 27.7. The summed E-state index contributed by atoms with van der Waals surface area (Å²) >= 11 is 9.15. The lowest BCUT2D eigenvalue weighted by atomic mass is 10.2. The third-order valence-corrected chi connectivity index (χ3v) is 9.19. The number of nitrogens with two attached hydrogens (primary N) is 2. The number of thiol groups is 1. The third-order valence-electron chi connectivity index (χ3n) is 6.87. The van der Waals surface area contributed by atoms with E-state index in [9.17, 15) is 19.4 Å². The number of nitrogen functional groups attached to an aromatic ring is 2. The summed E-state index contributed by atoms with van der Waals surface area (Å²) in [6, 6.07) is 1.74. The van der Waals surface area contributed by atoms with Gasteiger partial charge in [-0.25, -0.2) is 9.97 Å². The summed E-state index contributed by atoms with van der Waals surface area (Å²) in [6.45, 7) is -4.69. The summed E-state index contributed by atoms with van der Waals surface area (Å²) in [5.74, 6) is 0.123. The second-order valence-corrected chi connectivity index (χ2v) is 14.1. The zero-order valence-electron chi connectivity index (χ0n) is 21.8. The first-order chi connectivity index (χ1) is 20.5. The van der Waals surface area contributed by atoms with Crippen LogP contribution in [0.2, 0.25) is 0 Å². The standard InChI is InChI=1S/C20H24N10O9P2S2/c21-15-9-1-2-29(16(9)24-7-23-15)13-4-10(38-40(33)42)12(37-13)6-35-41(34,43)39-11-3-8(5-31)36-19(11)30-17-14(27-28-30)18(32)26-20(22)25-17/h1-2,7-8,10-13,19,31H,3-6H2,(H6-,21,22,23,24,25,26,28,32,33,34,42,43)/p+1. The van der Waals surface area contributed by atoms with Crippen LogP contribution in [0.4, 0.5) is 11.8 Å². The fraction of sp³-hybridized carbons (Fsp3) is 0.500. The molecule has 0 bridgehead atoms. The van der Waals surface area contributed by atoms with E-state index in [4.69, 9.17) is 46.3 Å². The van der Waals surface area contributed by atoms with E-state index < -0.39 is 56.4 Å². The molecule has 230 valence electrons. The summed E-state index contributed by atoms with van der Waals surface area (Å²) < 4.78 is 43.6. The first-order valence-corrected chi connectivity index (χ1v) is 17.5. The van der Waals surface area contributed by atoms with Gasteiger partial charge in [-0.3, -0.25) is 9.78 Å². The maximum atomic E-state index is 12.2. The summed E-state index contributed by atoms with van der Waals surface area (Å²) in [6.07, 6.45) is -1.65. The molecule has 4 aromatic rings. The van der Waals surface area contributed by atoms with Crippen LogP contribution in [0.5, 0.6) is 0 Å². The quantitative estimate of drug-likeness (QED) is 0.0974. The molecule has 0 aliphatic carbocycles. The van der Waals surface area contributed by atoms with E-state index in [1.807, 2.05) is 0 Å². The highest BCUT2D eigenvalue weighted by Gasteiger charge is 2.45. The van der Waals surface area contributed by atoms with E-state index in [1.54, 1.807) is 16.8 Å². The van der Waals surface area contributed by atoms with E-state index in [-0.39, 0.29) is 43.2 Å². The van der Waals surface area contributed by atoms with Gasteiger partial charge in [0.1, 0.15) is 54.6 Å². The summed E-state index contributed by atoms with van der Waals surface area (Å²) in [4.78, 5) is 37.9. The molecule has 0 radical (unpaired) electrons. The maximum Gasteiger partial charge on any atom is 0.582 e. The molecule has 43 heavy (non-hydrogen) atoms. The number of anilines is 2. The molecular weight excluding hydrogens is 650 g/mol. The maximum absolute atomic E-state index is 12.2.